The maximum absolute atomic E-state index is 12.9. The van der Waals surface area contributed by atoms with Crippen LogP contribution in [0.1, 0.15) is 40.5 Å². The van der Waals surface area contributed by atoms with Crippen LogP contribution in [0.25, 0.3) is 10.9 Å². The molecule has 4 N–H and O–H groups in total. The highest BCUT2D eigenvalue weighted by atomic mass is 32.2. The van der Waals surface area contributed by atoms with Crippen molar-refractivity contribution < 1.29 is 13.2 Å². The number of hydrogen-bond acceptors (Lipinski definition) is 3. The van der Waals surface area contributed by atoms with Gasteiger partial charge in [0.15, 0.2) is 0 Å². The van der Waals surface area contributed by atoms with Gasteiger partial charge in [0.1, 0.15) is 0 Å². The first-order valence-electron chi connectivity index (χ1n) is 9.33. The Bertz CT molecular complexity index is 1150. The van der Waals surface area contributed by atoms with Crippen molar-refractivity contribution in [2.45, 2.75) is 31.9 Å². The molecule has 0 bridgehead atoms. The Hall–Kier alpha value is -2.64. The number of benzene rings is 2. The number of carbonyl (C=O) groups is 1. The van der Waals surface area contributed by atoms with Crippen molar-refractivity contribution in [1.29, 1.82) is 0 Å². The van der Waals surface area contributed by atoms with Crippen molar-refractivity contribution in [3.05, 3.63) is 64.8 Å². The summed E-state index contributed by atoms with van der Waals surface area (Å²) in [5, 5.41) is 9.08. The van der Waals surface area contributed by atoms with Crippen molar-refractivity contribution in [3.8, 4) is 0 Å². The van der Waals surface area contributed by atoms with Gasteiger partial charge in [-0.15, -0.1) is 0 Å². The number of para-hydroxylation sites is 1. The van der Waals surface area contributed by atoms with Crippen LogP contribution >= 0.6 is 0 Å². The highest BCUT2D eigenvalue weighted by Gasteiger charge is 2.22. The molecule has 3 aromatic rings. The van der Waals surface area contributed by atoms with Crippen LogP contribution in [0, 0.1) is 5.92 Å². The number of nitrogens with one attached hydrogen (secondary N) is 2. The molecule has 0 saturated heterocycles. The SMILES string of the molecule is CC1CCc2[nH]c3c(C(=O)Nc4ccc(CS(N)(=O)=O)cc4)cccc3c2C1. The van der Waals surface area contributed by atoms with E-state index >= 15 is 0 Å². The monoisotopic (exact) mass is 397 g/mol. The predicted octanol–water partition coefficient (Wildman–Crippen LogP) is 3.33. The fourth-order valence-corrected chi connectivity index (χ4v) is 4.58. The molecule has 2 aromatic carbocycles. The molecule has 6 nitrogen and oxygen atoms in total. The highest BCUT2D eigenvalue weighted by Crippen LogP contribution is 2.33. The Morgan fingerprint density at radius 3 is 2.68 bits per heavy atom. The second-order valence-corrected chi connectivity index (χ2v) is 9.23. The summed E-state index contributed by atoms with van der Waals surface area (Å²) in [6.45, 7) is 2.26. The van der Waals surface area contributed by atoms with Crippen molar-refractivity contribution in [3.63, 3.8) is 0 Å². The van der Waals surface area contributed by atoms with Crippen LogP contribution in [0.15, 0.2) is 42.5 Å². The molecule has 1 unspecified atom stereocenters. The molecule has 7 heteroatoms. The van der Waals surface area contributed by atoms with Gasteiger partial charge in [-0.25, -0.2) is 13.6 Å². The van der Waals surface area contributed by atoms with E-state index in [0.717, 1.165) is 30.2 Å². The third-order valence-corrected chi connectivity index (χ3v) is 6.03. The van der Waals surface area contributed by atoms with E-state index in [1.807, 2.05) is 12.1 Å². The minimum Gasteiger partial charge on any atom is -0.358 e. The van der Waals surface area contributed by atoms with Crippen molar-refractivity contribution in [2.24, 2.45) is 11.1 Å². The molecule has 4 rings (SSSR count). The molecule has 1 amide bonds. The van der Waals surface area contributed by atoms with E-state index in [1.54, 1.807) is 24.3 Å². The summed E-state index contributed by atoms with van der Waals surface area (Å²) in [5.74, 6) is 0.226. The average molecular weight is 398 g/mol. The van der Waals surface area contributed by atoms with Gasteiger partial charge in [0.2, 0.25) is 10.0 Å². The predicted molar refractivity (Wildman–Crippen MR) is 111 cm³/mol. The summed E-state index contributed by atoms with van der Waals surface area (Å²) in [6.07, 6.45) is 3.20. The van der Waals surface area contributed by atoms with E-state index in [0.29, 0.717) is 22.7 Å². The molecular formula is C21H23N3O3S. The number of aromatic nitrogens is 1. The molecule has 0 fully saturated rings. The largest absolute Gasteiger partial charge is 0.358 e. The fourth-order valence-electron chi connectivity index (χ4n) is 3.92. The lowest BCUT2D eigenvalue weighted by molar-refractivity contribution is 0.102. The van der Waals surface area contributed by atoms with Gasteiger partial charge in [-0.2, -0.15) is 0 Å². The third kappa shape index (κ3) is 3.81. The lowest BCUT2D eigenvalue weighted by atomic mass is 9.87. The van der Waals surface area contributed by atoms with Gasteiger partial charge in [0.25, 0.3) is 5.91 Å². The Labute approximate surface area is 164 Å². The summed E-state index contributed by atoms with van der Waals surface area (Å²) in [7, 11) is -3.58. The van der Waals surface area contributed by atoms with Crippen molar-refractivity contribution in [1.82, 2.24) is 4.98 Å². The zero-order valence-corrected chi connectivity index (χ0v) is 16.5. The van der Waals surface area contributed by atoms with Gasteiger partial charge >= 0.3 is 0 Å². The smallest absolute Gasteiger partial charge is 0.257 e. The van der Waals surface area contributed by atoms with Gasteiger partial charge in [-0.3, -0.25) is 4.79 Å². The average Bonchev–Trinajstić information content (AvgIpc) is 3.00. The third-order valence-electron chi connectivity index (χ3n) is 5.29. The second kappa shape index (κ2) is 7.07. The Balaban J connectivity index is 1.59. The number of nitrogens with two attached hydrogens (primary N) is 1. The van der Waals surface area contributed by atoms with Crippen molar-refractivity contribution in [2.75, 3.05) is 5.32 Å². The normalized spacial score (nSPS) is 16.7. The molecule has 146 valence electrons. The summed E-state index contributed by atoms with van der Waals surface area (Å²) in [4.78, 5) is 16.3. The fraction of sp³-hybridized carbons (Fsp3) is 0.286. The number of amides is 1. The van der Waals surface area contributed by atoms with E-state index in [-0.39, 0.29) is 11.7 Å². The van der Waals surface area contributed by atoms with Gasteiger partial charge in [-0.05, 0) is 54.5 Å². The van der Waals surface area contributed by atoms with Gasteiger partial charge in [-0.1, -0.05) is 31.2 Å². The lowest BCUT2D eigenvalue weighted by Gasteiger charge is -2.17. The summed E-state index contributed by atoms with van der Waals surface area (Å²) < 4.78 is 22.4. The number of rotatable bonds is 4. The molecule has 1 heterocycles. The Kier molecular flexibility index (Phi) is 4.72. The molecule has 1 aliphatic carbocycles. The number of aromatic amines is 1. The standard InChI is InChI=1S/C21H23N3O3S/c1-13-5-10-19-18(11-13)16-3-2-4-17(20(16)24-19)21(25)23-15-8-6-14(7-9-15)12-28(22,26)27/h2-4,6-9,13,24H,5,10-12H2,1H3,(H,23,25)(H2,22,26,27). The molecule has 0 radical (unpaired) electrons. The second-order valence-electron chi connectivity index (χ2n) is 7.62. The summed E-state index contributed by atoms with van der Waals surface area (Å²) in [5.41, 5.74) is 5.23. The number of anilines is 1. The van der Waals surface area contributed by atoms with Crippen LogP contribution < -0.4 is 10.5 Å². The summed E-state index contributed by atoms with van der Waals surface area (Å²) >= 11 is 0. The van der Waals surface area contributed by atoms with E-state index in [4.69, 9.17) is 5.14 Å². The maximum Gasteiger partial charge on any atom is 0.257 e. The summed E-state index contributed by atoms with van der Waals surface area (Å²) in [6, 6.07) is 12.5. The van der Waals surface area contributed by atoms with Crippen molar-refractivity contribution >= 4 is 32.5 Å². The number of carbonyl (C=O) groups excluding carboxylic acids is 1. The van der Waals surface area contributed by atoms with Crippen LogP contribution in [0.3, 0.4) is 0 Å². The van der Waals surface area contributed by atoms with E-state index < -0.39 is 10.0 Å². The zero-order valence-electron chi connectivity index (χ0n) is 15.7. The number of H-pyrrole nitrogens is 1. The highest BCUT2D eigenvalue weighted by molar-refractivity contribution is 7.88. The molecular weight excluding hydrogens is 374 g/mol. The molecule has 0 saturated carbocycles. The number of aryl methyl sites for hydroxylation is 1. The molecule has 0 aliphatic heterocycles. The molecule has 0 spiro atoms. The first-order valence-corrected chi connectivity index (χ1v) is 11.0. The number of primary sulfonamides is 1. The minimum absolute atomic E-state index is 0.198. The number of fused-ring (bicyclic) bond motifs is 3. The van der Waals surface area contributed by atoms with Gasteiger partial charge in [0.05, 0.1) is 16.8 Å². The first-order chi connectivity index (χ1) is 13.3. The number of hydrogen-bond donors (Lipinski definition) is 3. The van der Waals surface area contributed by atoms with Crippen LogP contribution in [-0.2, 0) is 28.6 Å². The maximum atomic E-state index is 12.9. The molecule has 28 heavy (non-hydrogen) atoms. The van der Waals surface area contributed by atoms with Crippen LogP contribution in [0.4, 0.5) is 5.69 Å². The number of sulfonamides is 1. The van der Waals surface area contributed by atoms with E-state index in [1.165, 1.54) is 11.3 Å². The molecule has 1 aliphatic rings. The Morgan fingerprint density at radius 2 is 1.96 bits per heavy atom. The first kappa shape index (κ1) is 18.7. The minimum atomic E-state index is -3.58. The van der Waals surface area contributed by atoms with E-state index in [2.05, 4.69) is 23.3 Å². The Morgan fingerprint density at radius 1 is 1.21 bits per heavy atom. The quantitative estimate of drug-likeness (QED) is 0.629. The van der Waals surface area contributed by atoms with Gasteiger partial charge in [0, 0.05) is 16.8 Å². The molecule has 1 aromatic heterocycles. The van der Waals surface area contributed by atoms with Crippen LogP contribution in [-0.4, -0.2) is 19.3 Å². The lowest BCUT2D eigenvalue weighted by Crippen LogP contribution is -2.15. The topological polar surface area (TPSA) is 105 Å². The molecule has 1 atom stereocenters. The van der Waals surface area contributed by atoms with Gasteiger partial charge < -0.3 is 10.3 Å². The van der Waals surface area contributed by atoms with Crippen LogP contribution in [0.2, 0.25) is 0 Å². The van der Waals surface area contributed by atoms with E-state index in [9.17, 15) is 13.2 Å². The zero-order chi connectivity index (χ0) is 19.9. The van der Waals surface area contributed by atoms with Crippen LogP contribution in [0.5, 0.6) is 0 Å².